The lowest BCUT2D eigenvalue weighted by molar-refractivity contribution is -0.0684. The van der Waals surface area contributed by atoms with Crippen LogP contribution in [0, 0.1) is 5.41 Å². The molecule has 0 unspecified atom stereocenters. The van der Waals surface area contributed by atoms with Crippen molar-refractivity contribution >= 4 is 0 Å². The molecule has 5 heteroatoms. The number of piperidine rings is 2. The van der Waals surface area contributed by atoms with Crippen LogP contribution in [0.15, 0.2) is 29.8 Å². The summed E-state index contributed by atoms with van der Waals surface area (Å²) in [4.78, 5) is 4.98. The standard InChI is InChI=1S/C24H38N2O3/c1-5-28-22-15-20(7-8-21(22)29-14-9-19(2)3)16-26-13-11-24(18-27)10-6-12-25(4)23(24)17-26/h7-9,15,23,27H,5-6,10-14,16-18H2,1-4H3/t23-,24-/m1/s1. The fraction of sp³-hybridized carbons (Fsp3) is 0.667. The molecule has 2 atom stereocenters. The minimum Gasteiger partial charge on any atom is -0.490 e. The molecule has 1 aromatic carbocycles. The molecule has 0 aliphatic carbocycles. The minimum atomic E-state index is 0.0859. The molecule has 2 fully saturated rings. The molecular formula is C24H38N2O3. The molecule has 29 heavy (non-hydrogen) atoms. The Morgan fingerprint density at radius 1 is 1.21 bits per heavy atom. The molecule has 0 amide bonds. The fourth-order valence-electron chi connectivity index (χ4n) is 4.81. The molecule has 2 aliphatic heterocycles. The van der Waals surface area contributed by atoms with Crippen molar-refractivity contribution in [3.05, 3.63) is 35.4 Å². The third-order valence-corrected chi connectivity index (χ3v) is 6.54. The normalized spacial score (nSPS) is 25.3. The largest absolute Gasteiger partial charge is 0.490 e. The van der Waals surface area contributed by atoms with Crippen molar-refractivity contribution in [1.82, 2.24) is 9.80 Å². The molecule has 0 aromatic heterocycles. The van der Waals surface area contributed by atoms with Crippen LogP contribution in [0.25, 0.3) is 0 Å². The molecule has 1 N–H and O–H groups in total. The summed E-state index contributed by atoms with van der Waals surface area (Å²) < 4.78 is 11.8. The highest BCUT2D eigenvalue weighted by molar-refractivity contribution is 5.43. The smallest absolute Gasteiger partial charge is 0.161 e. The van der Waals surface area contributed by atoms with Crippen molar-refractivity contribution in [2.24, 2.45) is 5.41 Å². The van der Waals surface area contributed by atoms with Gasteiger partial charge in [0.1, 0.15) is 6.61 Å². The first-order valence-corrected chi connectivity index (χ1v) is 11.0. The Labute approximate surface area is 176 Å². The average Bonchev–Trinajstić information content (AvgIpc) is 2.70. The summed E-state index contributed by atoms with van der Waals surface area (Å²) in [6.07, 6.45) is 5.49. The maximum atomic E-state index is 10.1. The zero-order valence-corrected chi connectivity index (χ0v) is 18.6. The van der Waals surface area contributed by atoms with Gasteiger partial charge in [-0.05, 0) is 83.9 Å². The second-order valence-corrected chi connectivity index (χ2v) is 8.91. The first kappa shape index (κ1) is 22.1. The Morgan fingerprint density at radius 3 is 2.76 bits per heavy atom. The van der Waals surface area contributed by atoms with Gasteiger partial charge in [0.05, 0.1) is 13.2 Å². The monoisotopic (exact) mass is 402 g/mol. The molecule has 2 saturated heterocycles. The molecule has 0 spiro atoms. The summed E-state index contributed by atoms with van der Waals surface area (Å²) in [6, 6.07) is 6.75. The maximum absolute atomic E-state index is 10.1. The number of fused-ring (bicyclic) bond motifs is 1. The van der Waals surface area contributed by atoms with Gasteiger partial charge in [-0.3, -0.25) is 4.90 Å². The number of ether oxygens (including phenoxy) is 2. The van der Waals surface area contributed by atoms with Crippen LogP contribution in [-0.2, 0) is 6.54 Å². The lowest BCUT2D eigenvalue weighted by Crippen LogP contribution is -2.61. The number of allylic oxidation sites excluding steroid dienone is 1. The topological polar surface area (TPSA) is 45.2 Å². The summed E-state index contributed by atoms with van der Waals surface area (Å²) in [5, 5.41) is 10.1. The van der Waals surface area contributed by atoms with Gasteiger partial charge in [0, 0.05) is 24.5 Å². The molecule has 0 radical (unpaired) electrons. The van der Waals surface area contributed by atoms with Crippen molar-refractivity contribution in [1.29, 1.82) is 0 Å². The van der Waals surface area contributed by atoms with Gasteiger partial charge in [-0.2, -0.15) is 0 Å². The van der Waals surface area contributed by atoms with Crippen LogP contribution < -0.4 is 9.47 Å². The molecule has 2 aliphatic rings. The van der Waals surface area contributed by atoms with Gasteiger partial charge in [0.15, 0.2) is 11.5 Å². The highest BCUT2D eigenvalue weighted by Crippen LogP contribution is 2.42. The van der Waals surface area contributed by atoms with Crippen molar-refractivity contribution in [2.45, 2.75) is 52.6 Å². The predicted molar refractivity (Wildman–Crippen MR) is 118 cm³/mol. The second kappa shape index (κ2) is 9.96. The van der Waals surface area contributed by atoms with Gasteiger partial charge in [-0.15, -0.1) is 0 Å². The van der Waals surface area contributed by atoms with Crippen LogP contribution in [0.3, 0.4) is 0 Å². The zero-order valence-electron chi connectivity index (χ0n) is 18.6. The van der Waals surface area contributed by atoms with E-state index in [-0.39, 0.29) is 5.41 Å². The molecule has 162 valence electrons. The molecular weight excluding hydrogens is 364 g/mol. The molecule has 1 aromatic rings. The number of likely N-dealkylation sites (tertiary alicyclic amines) is 2. The summed E-state index contributed by atoms with van der Waals surface area (Å²) >= 11 is 0. The van der Waals surface area contributed by atoms with Gasteiger partial charge < -0.3 is 19.5 Å². The Morgan fingerprint density at radius 2 is 2.03 bits per heavy atom. The number of likely N-dealkylation sites (N-methyl/N-ethyl adjacent to an activating group) is 1. The lowest BCUT2D eigenvalue weighted by atomic mass is 9.69. The number of rotatable bonds is 8. The van der Waals surface area contributed by atoms with Crippen LogP contribution in [0.4, 0.5) is 0 Å². The van der Waals surface area contributed by atoms with Crippen molar-refractivity contribution < 1.29 is 14.6 Å². The third kappa shape index (κ3) is 5.33. The summed E-state index contributed by atoms with van der Waals surface area (Å²) in [5.74, 6) is 1.63. The van der Waals surface area contributed by atoms with E-state index in [2.05, 4.69) is 48.9 Å². The molecule has 2 heterocycles. The molecule has 5 nitrogen and oxygen atoms in total. The van der Waals surface area contributed by atoms with E-state index >= 15 is 0 Å². The Bertz CT molecular complexity index is 701. The first-order chi connectivity index (χ1) is 14.0. The first-order valence-electron chi connectivity index (χ1n) is 11.0. The highest BCUT2D eigenvalue weighted by atomic mass is 16.5. The lowest BCUT2D eigenvalue weighted by Gasteiger charge is -2.53. The number of aliphatic hydroxyl groups is 1. The van der Waals surface area contributed by atoms with Gasteiger partial charge in [-0.25, -0.2) is 0 Å². The van der Waals surface area contributed by atoms with Gasteiger partial charge in [-0.1, -0.05) is 11.6 Å². The van der Waals surface area contributed by atoms with Crippen molar-refractivity contribution in [3.8, 4) is 11.5 Å². The van der Waals surface area contributed by atoms with E-state index in [1.165, 1.54) is 17.6 Å². The van der Waals surface area contributed by atoms with E-state index in [1.807, 2.05) is 13.0 Å². The van der Waals surface area contributed by atoms with Crippen LogP contribution in [0.2, 0.25) is 0 Å². The number of hydrogen-bond acceptors (Lipinski definition) is 5. The fourth-order valence-corrected chi connectivity index (χ4v) is 4.81. The highest BCUT2D eigenvalue weighted by Gasteiger charge is 2.46. The summed E-state index contributed by atoms with van der Waals surface area (Å²) in [6.45, 7) is 11.7. The van der Waals surface area contributed by atoms with E-state index < -0.39 is 0 Å². The van der Waals surface area contributed by atoms with Gasteiger partial charge >= 0.3 is 0 Å². The number of nitrogens with zero attached hydrogens (tertiary/aromatic N) is 2. The van der Waals surface area contributed by atoms with Crippen molar-refractivity contribution in [2.75, 3.05) is 46.5 Å². The number of hydrogen-bond donors (Lipinski definition) is 1. The second-order valence-electron chi connectivity index (χ2n) is 8.91. The van der Waals surface area contributed by atoms with E-state index in [0.717, 1.165) is 50.5 Å². The molecule has 0 saturated carbocycles. The van der Waals surface area contributed by atoms with Gasteiger partial charge in [0.25, 0.3) is 0 Å². The zero-order chi connectivity index (χ0) is 20.9. The van der Waals surface area contributed by atoms with Crippen LogP contribution in [-0.4, -0.2) is 67.5 Å². The Balaban J connectivity index is 1.68. The quantitative estimate of drug-likeness (QED) is 0.672. The molecule has 0 bridgehead atoms. The van der Waals surface area contributed by atoms with E-state index in [9.17, 15) is 5.11 Å². The number of benzene rings is 1. The van der Waals surface area contributed by atoms with E-state index in [1.54, 1.807) is 0 Å². The van der Waals surface area contributed by atoms with Crippen LogP contribution >= 0.6 is 0 Å². The predicted octanol–water partition coefficient (Wildman–Crippen LogP) is 3.71. The van der Waals surface area contributed by atoms with E-state index in [0.29, 0.717) is 25.9 Å². The summed E-state index contributed by atoms with van der Waals surface area (Å²) in [5.41, 5.74) is 2.58. The number of aliphatic hydroxyl groups excluding tert-OH is 1. The van der Waals surface area contributed by atoms with Crippen LogP contribution in [0.5, 0.6) is 11.5 Å². The maximum Gasteiger partial charge on any atom is 0.161 e. The third-order valence-electron chi connectivity index (χ3n) is 6.54. The average molecular weight is 403 g/mol. The van der Waals surface area contributed by atoms with Gasteiger partial charge in [0.2, 0.25) is 0 Å². The Kier molecular flexibility index (Phi) is 7.60. The Hall–Kier alpha value is -1.56. The summed E-state index contributed by atoms with van der Waals surface area (Å²) in [7, 11) is 2.21. The minimum absolute atomic E-state index is 0.0859. The van der Waals surface area contributed by atoms with E-state index in [4.69, 9.17) is 9.47 Å². The van der Waals surface area contributed by atoms with Crippen LogP contribution in [0.1, 0.15) is 45.6 Å². The van der Waals surface area contributed by atoms with Crippen molar-refractivity contribution in [3.63, 3.8) is 0 Å². The molecule has 3 rings (SSSR count). The SMILES string of the molecule is CCOc1cc(CN2CC[C@@]3(CO)CCCN(C)[C@@H]3C2)ccc1OCC=C(C)C.